The van der Waals surface area contributed by atoms with Crippen LogP contribution in [0.2, 0.25) is 0 Å². The number of ether oxygens (including phenoxy) is 1. The molecule has 4 aliphatic rings. The number of hydrogen-bond donors (Lipinski definition) is 2. The Balaban J connectivity index is 1.36. The van der Waals surface area contributed by atoms with Crippen LogP contribution in [0.15, 0.2) is 0 Å². The van der Waals surface area contributed by atoms with E-state index in [-0.39, 0.29) is 23.8 Å². The molecule has 2 heterocycles. The molecule has 0 aromatic heterocycles. The second-order valence-corrected chi connectivity index (χ2v) is 9.96. The van der Waals surface area contributed by atoms with E-state index < -0.39 is 5.60 Å². The summed E-state index contributed by atoms with van der Waals surface area (Å²) in [6.45, 7) is 6.41. The quantitative estimate of drug-likeness (QED) is 0.763. The predicted octanol–water partition coefficient (Wildman–Crippen LogP) is 1.71. The molecule has 0 aromatic rings. The normalized spacial score (nSPS) is 36.6. The summed E-state index contributed by atoms with van der Waals surface area (Å²) in [5, 5.41) is 13.2. The zero-order valence-corrected chi connectivity index (χ0v) is 16.7. The van der Waals surface area contributed by atoms with E-state index in [1.807, 2.05) is 4.90 Å². The van der Waals surface area contributed by atoms with Gasteiger partial charge in [0.1, 0.15) is 0 Å². The van der Waals surface area contributed by atoms with Crippen molar-refractivity contribution in [2.24, 2.45) is 23.7 Å². The summed E-state index contributed by atoms with van der Waals surface area (Å²) in [5.74, 6) is 1.94. The Morgan fingerprint density at radius 1 is 1.26 bits per heavy atom. The number of nitrogens with zero attached hydrogens (tertiary/aromatic N) is 1. The number of carbonyl (C=O) groups excluding carboxylic acids is 2. The molecule has 6 heteroatoms. The number of rotatable bonds is 5. The molecule has 6 nitrogen and oxygen atoms in total. The number of hydrogen-bond acceptors (Lipinski definition) is 4. The van der Waals surface area contributed by atoms with Gasteiger partial charge in [-0.25, -0.2) is 0 Å². The van der Waals surface area contributed by atoms with Gasteiger partial charge in [-0.15, -0.1) is 0 Å². The summed E-state index contributed by atoms with van der Waals surface area (Å²) in [4.78, 5) is 27.6. The first-order valence-corrected chi connectivity index (χ1v) is 10.7. The van der Waals surface area contributed by atoms with Crippen molar-refractivity contribution in [3.8, 4) is 0 Å². The van der Waals surface area contributed by atoms with Gasteiger partial charge in [-0.3, -0.25) is 9.59 Å². The third kappa shape index (κ3) is 4.02. The number of aliphatic hydroxyl groups is 1. The van der Waals surface area contributed by atoms with Crippen molar-refractivity contribution in [1.29, 1.82) is 0 Å². The van der Waals surface area contributed by atoms with Crippen molar-refractivity contribution in [1.82, 2.24) is 10.2 Å². The largest absolute Gasteiger partial charge is 0.390 e. The lowest BCUT2D eigenvalue weighted by Gasteiger charge is -2.31. The van der Waals surface area contributed by atoms with Gasteiger partial charge in [0.25, 0.3) is 0 Å². The second kappa shape index (κ2) is 7.03. The molecule has 0 spiro atoms. The summed E-state index contributed by atoms with van der Waals surface area (Å²) in [6, 6.07) is 0. The van der Waals surface area contributed by atoms with E-state index in [0.29, 0.717) is 30.2 Å². The molecule has 0 aromatic carbocycles. The lowest BCUT2D eigenvalue weighted by atomic mass is 9.90. The van der Waals surface area contributed by atoms with Crippen molar-refractivity contribution in [3.63, 3.8) is 0 Å². The molecule has 4 atom stereocenters. The zero-order chi connectivity index (χ0) is 19.2. The first-order valence-electron chi connectivity index (χ1n) is 10.7. The molecular weight excluding hydrogens is 344 g/mol. The number of amides is 2. The zero-order valence-electron chi connectivity index (χ0n) is 16.7. The van der Waals surface area contributed by atoms with Gasteiger partial charge in [0.2, 0.25) is 11.8 Å². The van der Waals surface area contributed by atoms with Crippen LogP contribution in [0.4, 0.5) is 0 Å². The van der Waals surface area contributed by atoms with Crippen LogP contribution in [0.25, 0.3) is 0 Å². The Hall–Kier alpha value is -1.14. The Morgan fingerprint density at radius 3 is 2.70 bits per heavy atom. The van der Waals surface area contributed by atoms with E-state index in [4.69, 9.17) is 4.74 Å². The van der Waals surface area contributed by atoms with Gasteiger partial charge in [-0.05, 0) is 57.8 Å². The van der Waals surface area contributed by atoms with Crippen molar-refractivity contribution in [3.05, 3.63) is 0 Å². The molecule has 0 radical (unpaired) electrons. The minimum atomic E-state index is -1.01. The SMILES string of the molecule is CC(C)(O)CC(=O)N[C@]12CCC[C@H]1CN(C(=O)[C@@H]1C[C@H]1C1CCOCC1)C2. The Kier molecular flexibility index (Phi) is 5.00. The monoisotopic (exact) mass is 378 g/mol. The maximum absolute atomic E-state index is 13.1. The molecule has 0 unspecified atom stereocenters. The number of nitrogens with one attached hydrogen (secondary N) is 1. The minimum Gasteiger partial charge on any atom is -0.390 e. The van der Waals surface area contributed by atoms with E-state index in [0.717, 1.165) is 58.3 Å². The highest BCUT2D eigenvalue weighted by Gasteiger charge is 2.55. The first-order chi connectivity index (χ1) is 12.8. The van der Waals surface area contributed by atoms with Crippen LogP contribution in [0.1, 0.15) is 58.8 Å². The van der Waals surface area contributed by atoms with Crippen molar-refractivity contribution < 1.29 is 19.4 Å². The van der Waals surface area contributed by atoms with Gasteiger partial charge in [-0.2, -0.15) is 0 Å². The number of likely N-dealkylation sites (tertiary alicyclic amines) is 1. The third-order valence-electron chi connectivity index (χ3n) is 7.19. The van der Waals surface area contributed by atoms with Crippen LogP contribution >= 0.6 is 0 Å². The average Bonchev–Trinajstić information content (AvgIpc) is 3.19. The van der Waals surface area contributed by atoms with E-state index in [2.05, 4.69) is 5.32 Å². The molecule has 2 saturated carbocycles. The minimum absolute atomic E-state index is 0.101. The maximum Gasteiger partial charge on any atom is 0.226 e. The summed E-state index contributed by atoms with van der Waals surface area (Å²) in [6.07, 6.45) is 6.42. The highest BCUT2D eigenvalue weighted by molar-refractivity contribution is 5.83. The summed E-state index contributed by atoms with van der Waals surface area (Å²) in [7, 11) is 0. The number of fused-ring (bicyclic) bond motifs is 1. The maximum atomic E-state index is 13.1. The molecule has 2 aliphatic heterocycles. The fourth-order valence-electron chi connectivity index (χ4n) is 5.77. The highest BCUT2D eigenvalue weighted by atomic mass is 16.5. The lowest BCUT2D eigenvalue weighted by molar-refractivity contribution is -0.133. The molecule has 2 N–H and O–H groups in total. The lowest BCUT2D eigenvalue weighted by Crippen LogP contribution is -2.53. The molecule has 2 saturated heterocycles. The molecule has 2 aliphatic carbocycles. The van der Waals surface area contributed by atoms with Crippen LogP contribution in [0.3, 0.4) is 0 Å². The van der Waals surface area contributed by atoms with Gasteiger partial charge in [0.15, 0.2) is 0 Å². The highest BCUT2D eigenvalue weighted by Crippen LogP contribution is 2.50. The molecule has 4 fully saturated rings. The predicted molar refractivity (Wildman–Crippen MR) is 101 cm³/mol. The van der Waals surface area contributed by atoms with Crippen LogP contribution in [-0.4, -0.2) is 59.3 Å². The van der Waals surface area contributed by atoms with Crippen molar-refractivity contribution >= 4 is 11.8 Å². The van der Waals surface area contributed by atoms with E-state index in [9.17, 15) is 14.7 Å². The molecule has 0 bridgehead atoms. The fraction of sp³-hybridized carbons (Fsp3) is 0.905. The third-order valence-corrected chi connectivity index (χ3v) is 7.19. The van der Waals surface area contributed by atoms with E-state index in [1.54, 1.807) is 13.8 Å². The van der Waals surface area contributed by atoms with Crippen LogP contribution in [-0.2, 0) is 14.3 Å². The average molecular weight is 379 g/mol. The van der Waals surface area contributed by atoms with Crippen molar-refractivity contribution in [2.75, 3.05) is 26.3 Å². The van der Waals surface area contributed by atoms with Gasteiger partial charge in [-0.1, -0.05) is 6.42 Å². The van der Waals surface area contributed by atoms with Crippen LogP contribution in [0.5, 0.6) is 0 Å². The summed E-state index contributed by atoms with van der Waals surface area (Å²) in [5.41, 5.74) is -1.28. The fourth-order valence-corrected chi connectivity index (χ4v) is 5.77. The standard InChI is InChI=1S/C21H34N2O4/c1-20(2,26)11-18(24)22-21-7-3-4-15(21)12-23(13-21)19(25)17-10-16(17)14-5-8-27-9-6-14/h14-17,26H,3-13H2,1-2H3,(H,22,24)/t15-,16-,17+,21-/m0/s1. The first kappa shape index (κ1) is 19.2. The molecular formula is C21H34N2O4. The molecule has 4 rings (SSSR count). The smallest absolute Gasteiger partial charge is 0.226 e. The Labute approximate surface area is 162 Å². The van der Waals surface area contributed by atoms with Gasteiger partial charge < -0.3 is 20.1 Å². The Bertz CT molecular complexity index is 595. The topological polar surface area (TPSA) is 78.9 Å². The van der Waals surface area contributed by atoms with Crippen LogP contribution in [0, 0.1) is 23.7 Å². The van der Waals surface area contributed by atoms with Gasteiger partial charge >= 0.3 is 0 Å². The summed E-state index contributed by atoms with van der Waals surface area (Å²) >= 11 is 0. The Morgan fingerprint density at radius 2 is 2.00 bits per heavy atom. The van der Waals surface area contributed by atoms with Gasteiger partial charge in [0, 0.05) is 38.1 Å². The number of carbonyl (C=O) groups is 2. The summed E-state index contributed by atoms with van der Waals surface area (Å²) < 4.78 is 5.45. The van der Waals surface area contributed by atoms with Gasteiger partial charge in [0.05, 0.1) is 17.6 Å². The molecule has 27 heavy (non-hydrogen) atoms. The van der Waals surface area contributed by atoms with Crippen molar-refractivity contribution in [2.45, 2.75) is 69.9 Å². The molecule has 2 amide bonds. The van der Waals surface area contributed by atoms with E-state index in [1.165, 1.54) is 0 Å². The van der Waals surface area contributed by atoms with E-state index >= 15 is 0 Å². The van der Waals surface area contributed by atoms with Crippen LogP contribution < -0.4 is 5.32 Å². The second-order valence-electron chi connectivity index (χ2n) is 9.96. The molecule has 152 valence electrons.